The largest absolute Gasteiger partial charge is 0.459 e. The third-order valence-corrected chi connectivity index (χ3v) is 4.79. The number of aryl methyl sites for hydroxylation is 2. The summed E-state index contributed by atoms with van der Waals surface area (Å²) in [6.45, 7) is 4.03. The van der Waals surface area contributed by atoms with Crippen LogP contribution in [0.3, 0.4) is 0 Å². The smallest absolute Gasteiger partial charge is 0.338 e. The van der Waals surface area contributed by atoms with E-state index in [0.29, 0.717) is 17.6 Å². The fourth-order valence-electron chi connectivity index (χ4n) is 3.77. The van der Waals surface area contributed by atoms with Crippen molar-refractivity contribution in [2.75, 3.05) is 7.05 Å². The van der Waals surface area contributed by atoms with Crippen LogP contribution >= 0.6 is 0 Å². The Morgan fingerprint density at radius 2 is 1.65 bits per heavy atom. The first-order valence-electron chi connectivity index (χ1n) is 7.54. The lowest BCUT2D eigenvalue weighted by atomic mass is 10.0. The van der Waals surface area contributed by atoms with Gasteiger partial charge in [0.05, 0.1) is 5.56 Å². The maximum atomic E-state index is 12.3. The van der Waals surface area contributed by atoms with Gasteiger partial charge in [-0.2, -0.15) is 0 Å². The van der Waals surface area contributed by atoms with E-state index in [9.17, 15) is 4.79 Å². The number of nitrogens with zero attached hydrogens (tertiary/aromatic N) is 1. The van der Waals surface area contributed by atoms with Crippen molar-refractivity contribution in [1.29, 1.82) is 0 Å². The average molecular weight is 273 g/mol. The minimum Gasteiger partial charge on any atom is -0.459 e. The van der Waals surface area contributed by atoms with Crippen molar-refractivity contribution in [3.63, 3.8) is 0 Å². The molecule has 3 atom stereocenters. The first-order chi connectivity index (χ1) is 9.52. The van der Waals surface area contributed by atoms with Crippen molar-refractivity contribution in [3.8, 4) is 0 Å². The maximum Gasteiger partial charge on any atom is 0.338 e. The normalized spacial score (nSPS) is 29.4. The molecule has 0 N–H and O–H groups in total. The lowest BCUT2D eigenvalue weighted by molar-refractivity contribution is -0.000465. The summed E-state index contributed by atoms with van der Waals surface area (Å²) in [6, 6.07) is 7.11. The Morgan fingerprint density at radius 3 is 2.20 bits per heavy atom. The lowest BCUT2D eigenvalue weighted by Gasteiger charge is -2.35. The summed E-state index contributed by atoms with van der Waals surface area (Å²) in [5.74, 6) is -0.161. The fraction of sp³-hybridized carbons (Fsp3) is 0.588. The van der Waals surface area contributed by atoms with Crippen LogP contribution in [0.25, 0.3) is 0 Å². The highest BCUT2D eigenvalue weighted by Gasteiger charge is 2.39. The maximum absolute atomic E-state index is 12.3. The predicted molar refractivity (Wildman–Crippen MR) is 78.9 cm³/mol. The number of carbonyl (C=O) groups excluding carboxylic acids is 1. The minimum atomic E-state index is -0.161. The Labute approximate surface area is 120 Å². The van der Waals surface area contributed by atoms with Gasteiger partial charge in [0.1, 0.15) is 6.10 Å². The van der Waals surface area contributed by atoms with Crippen molar-refractivity contribution < 1.29 is 9.53 Å². The van der Waals surface area contributed by atoms with Crippen molar-refractivity contribution >= 4 is 5.97 Å². The van der Waals surface area contributed by atoms with Gasteiger partial charge in [-0.1, -0.05) is 17.2 Å². The van der Waals surface area contributed by atoms with Gasteiger partial charge in [0, 0.05) is 24.9 Å². The first-order valence-corrected chi connectivity index (χ1v) is 7.54. The summed E-state index contributed by atoms with van der Waals surface area (Å²) in [4.78, 5) is 14.8. The van der Waals surface area contributed by atoms with Gasteiger partial charge in [0.2, 0.25) is 0 Å². The number of hydrogen-bond acceptors (Lipinski definition) is 3. The van der Waals surface area contributed by atoms with Crippen LogP contribution in [0.4, 0.5) is 0 Å². The topological polar surface area (TPSA) is 29.5 Å². The van der Waals surface area contributed by atoms with Gasteiger partial charge in [-0.3, -0.25) is 0 Å². The van der Waals surface area contributed by atoms with Gasteiger partial charge >= 0.3 is 5.97 Å². The number of rotatable bonds is 2. The summed E-state index contributed by atoms with van der Waals surface area (Å²) < 4.78 is 5.75. The standard InChI is InChI=1S/C17H23NO2/c1-11-6-12(2)8-13(7-11)17(19)20-16-9-14-4-5-15(10-16)18(14)3/h6-8,14-16H,4-5,9-10H2,1-3H3/t14-,15?,16?/m0/s1. The molecule has 3 rings (SSSR count). The average Bonchev–Trinajstić information content (AvgIpc) is 2.61. The van der Waals surface area contributed by atoms with Gasteiger partial charge in [-0.15, -0.1) is 0 Å². The van der Waals surface area contributed by atoms with Gasteiger partial charge in [-0.25, -0.2) is 4.79 Å². The second-order valence-corrected chi connectivity index (χ2v) is 6.43. The van der Waals surface area contributed by atoms with Gasteiger partial charge < -0.3 is 9.64 Å². The zero-order valence-corrected chi connectivity index (χ0v) is 12.6. The van der Waals surface area contributed by atoms with Crippen LogP contribution in [0, 0.1) is 13.8 Å². The summed E-state index contributed by atoms with van der Waals surface area (Å²) in [7, 11) is 2.20. The van der Waals surface area contributed by atoms with Crippen molar-refractivity contribution in [2.45, 2.75) is 57.7 Å². The van der Waals surface area contributed by atoms with Crippen LogP contribution in [0.5, 0.6) is 0 Å². The third-order valence-electron chi connectivity index (χ3n) is 4.79. The Bertz CT molecular complexity index is 491. The van der Waals surface area contributed by atoms with Crippen LogP contribution in [0.15, 0.2) is 18.2 Å². The molecule has 0 amide bonds. The molecule has 2 unspecified atom stereocenters. The molecule has 2 aliphatic rings. The molecule has 3 heteroatoms. The second kappa shape index (κ2) is 5.21. The molecule has 0 aromatic heterocycles. The van der Waals surface area contributed by atoms with Crippen molar-refractivity contribution in [2.24, 2.45) is 0 Å². The van der Waals surface area contributed by atoms with E-state index in [2.05, 4.69) is 18.0 Å². The summed E-state index contributed by atoms with van der Waals surface area (Å²) >= 11 is 0. The molecule has 0 radical (unpaired) electrons. The van der Waals surface area contributed by atoms with E-state index in [0.717, 1.165) is 24.0 Å². The Morgan fingerprint density at radius 1 is 1.10 bits per heavy atom. The summed E-state index contributed by atoms with van der Waals surface area (Å²) in [6.07, 6.45) is 4.57. The van der Waals surface area contributed by atoms with Crippen LogP contribution in [-0.2, 0) is 4.74 Å². The zero-order valence-electron chi connectivity index (χ0n) is 12.6. The Balaban J connectivity index is 1.67. The second-order valence-electron chi connectivity index (χ2n) is 6.43. The molecule has 2 fully saturated rings. The van der Waals surface area contributed by atoms with Crippen molar-refractivity contribution in [3.05, 3.63) is 34.9 Å². The number of benzene rings is 1. The molecule has 2 saturated heterocycles. The summed E-state index contributed by atoms with van der Waals surface area (Å²) in [5.41, 5.74) is 2.91. The third kappa shape index (κ3) is 2.59. The lowest BCUT2D eigenvalue weighted by Crippen LogP contribution is -2.43. The van der Waals surface area contributed by atoms with Crippen LogP contribution in [0.1, 0.15) is 47.2 Å². The molecule has 1 aromatic carbocycles. The SMILES string of the molecule is Cc1cc(C)cc(C(=O)OC2CC3CC[C@@H](C2)N3C)c1. The number of hydrogen-bond donors (Lipinski definition) is 0. The first kappa shape index (κ1) is 13.6. The molecular formula is C17H23NO2. The molecule has 3 nitrogen and oxygen atoms in total. The monoisotopic (exact) mass is 273 g/mol. The van der Waals surface area contributed by atoms with Crippen LogP contribution in [-0.4, -0.2) is 36.1 Å². The Hall–Kier alpha value is -1.35. The van der Waals surface area contributed by atoms with E-state index in [1.165, 1.54) is 12.8 Å². The van der Waals surface area contributed by atoms with E-state index in [1.807, 2.05) is 26.0 Å². The highest BCUT2D eigenvalue weighted by molar-refractivity contribution is 5.90. The molecule has 2 aliphatic heterocycles. The molecule has 0 aliphatic carbocycles. The van der Waals surface area contributed by atoms with Crippen LogP contribution in [0.2, 0.25) is 0 Å². The van der Waals surface area contributed by atoms with Gasteiger partial charge in [0.25, 0.3) is 0 Å². The molecule has 0 saturated carbocycles. The van der Waals surface area contributed by atoms with E-state index in [-0.39, 0.29) is 12.1 Å². The molecule has 0 spiro atoms. The minimum absolute atomic E-state index is 0.0945. The molecule has 20 heavy (non-hydrogen) atoms. The van der Waals surface area contributed by atoms with E-state index in [1.54, 1.807) is 0 Å². The zero-order chi connectivity index (χ0) is 14.3. The van der Waals surface area contributed by atoms with E-state index in [4.69, 9.17) is 4.74 Å². The number of esters is 1. The molecule has 1 aromatic rings. The Kier molecular flexibility index (Phi) is 3.55. The predicted octanol–water partition coefficient (Wildman–Crippen LogP) is 3.09. The number of fused-ring (bicyclic) bond motifs is 2. The van der Waals surface area contributed by atoms with Gasteiger partial charge in [-0.05, 0) is 45.9 Å². The van der Waals surface area contributed by atoms with E-state index >= 15 is 0 Å². The van der Waals surface area contributed by atoms with Crippen LogP contribution < -0.4 is 0 Å². The number of carbonyl (C=O) groups is 1. The highest BCUT2D eigenvalue weighted by atomic mass is 16.5. The summed E-state index contributed by atoms with van der Waals surface area (Å²) in [5, 5.41) is 0. The quantitative estimate of drug-likeness (QED) is 0.776. The number of piperidine rings is 1. The number of ether oxygens (including phenoxy) is 1. The highest BCUT2D eigenvalue weighted by Crippen LogP contribution is 2.35. The molecule has 2 heterocycles. The molecular weight excluding hydrogens is 250 g/mol. The molecule has 2 bridgehead atoms. The molecule has 108 valence electrons. The van der Waals surface area contributed by atoms with E-state index < -0.39 is 0 Å². The van der Waals surface area contributed by atoms with Gasteiger partial charge in [0.15, 0.2) is 0 Å². The van der Waals surface area contributed by atoms with Crippen molar-refractivity contribution in [1.82, 2.24) is 4.90 Å². The fourth-order valence-corrected chi connectivity index (χ4v) is 3.77.